The number of anilines is 1. The third-order valence-corrected chi connectivity index (χ3v) is 6.48. The Balaban J connectivity index is 1.86. The van der Waals surface area contributed by atoms with E-state index in [9.17, 15) is 9.59 Å². The molecule has 0 aliphatic carbocycles. The average Bonchev–Trinajstić information content (AvgIpc) is 2.87. The highest BCUT2D eigenvalue weighted by Gasteiger charge is 2.26. The molecule has 0 aromatic heterocycles. The van der Waals surface area contributed by atoms with Crippen molar-refractivity contribution in [3.8, 4) is 0 Å². The van der Waals surface area contributed by atoms with Gasteiger partial charge in [-0.25, -0.2) is 9.59 Å². The van der Waals surface area contributed by atoms with Crippen molar-refractivity contribution in [2.24, 2.45) is 4.99 Å². The van der Waals surface area contributed by atoms with Crippen molar-refractivity contribution >= 4 is 23.5 Å². The van der Waals surface area contributed by atoms with Gasteiger partial charge in [-0.1, -0.05) is 64.3 Å². The minimum absolute atomic E-state index is 0.399. The van der Waals surface area contributed by atoms with Crippen LogP contribution in [0.2, 0.25) is 0 Å². The number of ether oxygens (including phenoxy) is 1. The van der Waals surface area contributed by atoms with E-state index in [1.807, 2.05) is 36.4 Å². The molecule has 6 nitrogen and oxygen atoms in total. The fourth-order valence-corrected chi connectivity index (χ4v) is 4.32. The maximum atomic E-state index is 12.4. The molecule has 1 amide bonds. The summed E-state index contributed by atoms with van der Waals surface area (Å²) < 4.78 is 6.65. The zero-order valence-electron chi connectivity index (χ0n) is 21.7. The van der Waals surface area contributed by atoms with Gasteiger partial charge in [0.15, 0.2) is 0 Å². The Hall–Kier alpha value is -2.95. The van der Waals surface area contributed by atoms with Crippen molar-refractivity contribution in [2.75, 3.05) is 38.1 Å². The van der Waals surface area contributed by atoms with Gasteiger partial charge in [-0.15, -0.1) is 0 Å². The molecule has 0 saturated carbocycles. The highest BCUT2D eigenvalue weighted by molar-refractivity contribution is 5.84. The average molecular weight is 481 g/mol. The zero-order valence-corrected chi connectivity index (χ0v) is 21.7. The molecule has 0 heterocycles. The molecule has 0 atom stereocenters. The van der Waals surface area contributed by atoms with Gasteiger partial charge in [-0.3, -0.25) is 5.32 Å². The first-order valence-electron chi connectivity index (χ1n) is 13.1. The highest BCUT2D eigenvalue weighted by atomic mass is 16.5. The van der Waals surface area contributed by atoms with Crippen molar-refractivity contribution in [1.29, 1.82) is 0 Å². The Morgan fingerprint density at radius 3 is 1.83 bits per heavy atom. The summed E-state index contributed by atoms with van der Waals surface area (Å²) in [7, 11) is 0. The van der Waals surface area contributed by atoms with E-state index in [1.165, 1.54) is 38.5 Å². The van der Waals surface area contributed by atoms with Gasteiger partial charge in [-0.05, 0) is 61.1 Å². The van der Waals surface area contributed by atoms with Crippen LogP contribution in [-0.2, 0) is 16.0 Å². The largest absolute Gasteiger partial charge is 0.443 e. The molecule has 2 aromatic rings. The van der Waals surface area contributed by atoms with E-state index in [0.29, 0.717) is 12.3 Å². The Labute approximate surface area is 211 Å². The van der Waals surface area contributed by atoms with Crippen LogP contribution < -0.4 is 5.32 Å². The number of nitrogens with one attached hydrogen (secondary N) is 1. The number of unbranched alkanes of at least 4 members (excludes halogenated alkanes) is 3. The Kier molecular flexibility index (Phi) is 12.8. The van der Waals surface area contributed by atoms with Crippen LogP contribution in [0.4, 0.5) is 16.2 Å². The van der Waals surface area contributed by atoms with Gasteiger partial charge in [-0.2, -0.15) is 4.99 Å². The lowest BCUT2D eigenvalue weighted by Gasteiger charge is -2.39. The van der Waals surface area contributed by atoms with Gasteiger partial charge in [0.2, 0.25) is 6.08 Å². The fourth-order valence-electron chi connectivity index (χ4n) is 4.32. The van der Waals surface area contributed by atoms with E-state index in [-0.39, 0.29) is 0 Å². The number of amides is 1. The molecule has 0 unspecified atom stereocenters. The summed E-state index contributed by atoms with van der Waals surface area (Å²) in [6.07, 6.45) is 9.11. The molecule has 0 aliphatic rings. The Morgan fingerprint density at radius 1 is 0.829 bits per heavy atom. The van der Waals surface area contributed by atoms with Crippen LogP contribution in [0.15, 0.2) is 53.5 Å². The molecular weight excluding hydrogens is 438 g/mol. The molecule has 6 heteroatoms. The van der Waals surface area contributed by atoms with Crippen LogP contribution in [0, 0.1) is 0 Å². The van der Waals surface area contributed by atoms with Crippen molar-refractivity contribution in [3.05, 3.63) is 59.7 Å². The monoisotopic (exact) mass is 480 g/mol. The number of rotatable bonds is 16. The summed E-state index contributed by atoms with van der Waals surface area (Å²) in [5.74, 6) is 0. The number of quaternary nitrogens is 1. The molecule has 190 valence electrons. The first-order chi connectivity index (χ1) is 17.0. The van der Waals surface area contributed by atoms with Gasteiger partial charge >= 0.3 is 6.09 Å². The number of carbonyl (C=O) groups excluding carboxylic acids is 2. The van der Waals surface area contributed by atoms with Crippen molar-refractivity contribution in [3.63, 3.8) is 0 Å². The second kappa shape index (κ2) is 15.9. The number of hydrogen-bond donors (Lipinski definition) is 1. The smallest absolute Gasteiger partial charge is 0.411 e. The first-order valence-corrected chi connectivity index (χ1v) is 13.1. The third-order valence-electron chi connectivity index (χ3n) is 6.48. The van der Waals surface area contributed by atoms with E-state index < -0.39 is 6.09 Å². The number of carbonyl (C=O) groups is 1. The second-order valence-corrected chi connectivity index (χ2v) is 9.30. The molecule has 0 saturated heterocycles. The molecule has 35 heavy (non-hydrogen) atoms. The van der Waals surface area contributed by atoms with Crippen LogP contribution >= 0.6 is 0 Å². The number of isocyanates is 1. The minimum atomic E-state index is -0.399. The Bertz CT molecular complexity index is 897. The lowest BCUT2D eigenvalue weighted by Crippen LogP contribution is -2.52. The first kappa shape index (κ1) is 28.3. The summed E-state index contributed by atoms with van der Waals surface area (Å²) in [6, 6.07) is 15.3. The topological polar surface area (TPSA) is 67.8 Å². The van der Waals surface area contributed by atoms with Crippen molar-refractivity contribution in [1.82, 2.24) is 0 Å². The molecule has 0 spiro atoms. The van der Waals surface area contributed by atoms with Crippen LogP contribution in [0.5, 0.6) is 0 Å². The minimum Gasteiger partial charge on any atom is -0.443 e. The number of aliphatic imine (C=N–C) groups is 1. The van der Waals surface area contributed by atoms with E-state index >= 15 is 0 Å². The molecule has 0 bridgehead atoms. The maximum absolute atomic E-state index is 12.4. The quantitative estimate of drug-likeness (QED) is 0.160. The van der Waals surface area contributed by atoms with Crippen LogP contribution in [-0.4, -0.2) is 49.4 Å². The summed E-state index contributed by atoms with van der Waals surface area (Å²) in [4.78, 5) is 26.4. The summed E-state index contributed by atoms with van der Waals surface area (Å²) in [6.45, 7) is 11.5. The predicted octanol–water partition coefficient (Wildman–Crippen LogP) is 7.01. The van der Waals surface area contributed by atoms with Gasteiger partial charge in [0.1, 0.15) is 13.2 Å². The Morgan fingerprint density at radius 2 is 1.34 bits per heavy atom. The number of hydrogen-bond acceptors (Lipinski definition) is 4. The van der Waals surface area contributed by atoms with Gasteiger partial charge < -0.3 is 9.22 Å². The normalized spacial score (nSPS) is 11.1. The van der Waals surface area contributed by atoms with E-state index in [1.54, 1.807) is 18.2 Å². The highest BCUT2D eigenvalue weighted by Crippen LogP contribution is 2.18. The van der Waals surface area contributed by atoms with E-state index in [2.05, 4.69) is 31.1 Å². The fraction of sp³-hybridized carbons (Fsp3) is 0.517. The molecule has 0 radical (unpaired) electrons. The number of nitrogens with zero attached hydrogens (tertiary/aromatic N) is 2. The molecule has 1 N–H and O–H groups in total. The lowest BCUT2D eigenvalue weighted by atomic mass is 10.0. The lowest BCUT2D eigenvalue weighted by molar-refractivity contribution is -0.929. The standard InChI is InChI=1S/C29H41N3O3/c1-4-7-18-32(19-8-5-2,20-9-6-3)21-22-35-29(34)31-28-16-12-26(13-17-28)23-25-10-14-27(15-11-25)30-24-33/h10-17H,4-9,18-23H2,1-3H3/p+1. The molecule has 2 aromatic carbocycles. The molecule has 0 fully saturated rings. The number of benzene rings is 2. The van der Waals surface area contributed by atoms with Crippen LogP contribution in [0.3, 0.4) is 0 Å². The maximum Gasteiger partial charge on any atom is 0.411 e. The van der Waals surface area contributed by atoms with Crippen molar-refractivity contribution < 1.29 is 18.8 Å². The van der Waals surface area contributed by atoms with E-state index in [0.717, 1.165) is 53.9 Å². The molecule has 0 aliphatic heterocycles. The van der Waals surface area contributed by atoms with Gasteiger partial charge in [0.05, 0.1) is 25.3 Å². The summed E-state index contributed by atoms with van der Waals surface area (Å²) >= 11 is 0. The summed E-state index contributed by atoms with van der Waals surface area (Å²) in [5.41, 5.74) is 3.56. The molecule has 2 rings (SSSR count). The predicted molar refractivity (Wildman–Crippen MR) is 143 cm³/mol. The second-order valence-electron chi connectivity index (χ2n) is 9.30. The third kappa shape index (κ3) is 10.5. The van der Waals surface area contributed by atoms with Crippen LogP contribution in [0.25, 0.3) is 0 Å². The SMILES string of the molecule is CCCC[N+](CCCC)(CCCC)CCOC(=O)Nc1ccc(Cc2ccc(N=C=O)cc2)cc1. The van der Waals surface area contributed by atoms with Gasteiger partial charge in [0.25, 0.3) is 0 Å². The van der Waals surface area contributed by atoms with Crippen LogP contribution in [0.1, 0.15) is 70.4 Å². The van der Waals surface area contributed by atoms with E-state index in [4.69, 9.17) is 4.74 Å². The summed E-state index contributed by atoms with van der Waals surface area (Å²) in [5, 5.41) is 2.85. The zero-order chi connectivity index (χ0) is 25.4. The molecular formula is C29H42N3O3+. The van der Waals surface area contributed by atoms with Gasteiger partial charge in [0, 0.05) is 5.69 Å². The van der Waals surface area contributed by atoms with Crippen molar-refractivity contribution in [2.45, 2.75) is 65.7 Å².